The van der Waals surface area contributed by atoms with E-state index in [-0.39, 0.29) is 0 Å². The average molecular weight is 272 g/mol. The number of nitrogens with zero attached hydrogens (tertiary/aromatic N) is 1. The Morgan fingerprint density at radius 1 is 1.25 bits per heavy atom. The molecule has 20 heavy (non-hydrogen) atoms. The number of benzene rings is 1. The van der Waals surface area contributed by atoms with Gasteiger partial charge in [0, 0.05) is 23.6 Å². The molecule has 0 atom stereocenters. The molecule has 0 saturated carbocycles. The van der Waals surface area contributed by atoms with Gasteiger partial charge in [0.1, 0.15) is 12.4 Å². The number of hydrogen-bond donors (Lipinski definition) is 1. The summed E-state index contributed by atoms with van der Waals surface area (Å²) in [5.41, 5.74) is 2.49. The molecule has 1 aliphatic heterocycles. The van der Waals surface area contributed by atoms with Crippen LogP contribution in [-0.2, 0) is 0 Å². The molecule has 0 bridgehead atoms. The standard InChI is InChI=1S/C17H24N2O/c1-13(2)15-12-16-14(5-6-18-16)11-17(15)20-10-9-19-7-3-4-8-19/h5-6,11-13,18H,3-4,7-10H2,1-2H3. The van der Waals surface area contributed by atoms with Gasteiger partial charge in [-0.25, -0.2) is 0 Å². The van der Waals surface area contributed by atoms with Crippen molar-refractivity contribution in [1.82, 2.24) is 9.88 Å². The van der Waals surface area contributed by atoms with Gasteiger partial charge in [-0.2, -0.15) is 0 Å². The maximum absolute atomic E-state index is 6.08. The Kier molecular flexibility index (Phi) is 3.97. The van der Waals surface area contributed by atoms with Crippen LogP contribution in [0.25, 0.3) is 10.9 Å². The second kappa shape index (κ2) is 5.88. The van der Waals surface area contributed by atoms with Crippen LogP contribution in [0, 0.1) is 0 Å². The van der Waals surface area contributed by atoms with Crippen LogP contribution in [0.5, 0.6) is 5.75 Å². The number of hydrogen-bond acceptors (Lipinski definition) is 2. The van der Waals surface area contributed by atoms with Gasteiger partial charge in [0.15, 0.2) is 0 Å². The summed E-state index contributed by atoms with van der Waals surface area (Å²) in [6, 6.07) is 6.50. The molecular formula is C17H24N2O. The van der Waals surface area contributed by atoms with Gasteiger partial charge >= 0.3 is 0 Å². The van der Waals surface area contributed by atoms with Crippen LogP contribution in [-0.4, -0.2) is 36.1 Å². The van der Waals surface area contributed by atoms with Gasteiger partial charge in [-0.1, -0.05) is 13.8 Å². The van der Waals surface area contributed by atoms with Gasteiger partial charge in [0.2, 0.25) is 0 Å². The molecule has 1 fully saturated rings. The second-order valence-corrected chi connectivity index (χ2v) is 6.01. The van der Waals surface area contributed by atoms with Crippen molar-refractivity contribution >= 4 is 10.9 Å². The number of aromatic amines is 1. The maximum Gasteiger partial charge on any atom is 0.123 e. The molecule has 0 amide bonds. The van der Waals surface area contributed by atoms with E-state index in [9.17, 15) is 0 Å². The minimum atomic E-state index is 0.476. The third kappa shape index (κ3) is 2.83. The predicted octanol–water partition coefficient (Wildman–Crippen LogP) is 3.77. The topological polar surface area (TPSA) is 28.3 Å². The van der Waals surface area contributed by atoms with E-state index in [0.29, 0.717) is 5.92 Å². The lowest BCUT2D eigenvalue weighted by molar-refractivity contribution is 0.236. The fourth-order valence-corrected chi connectivity index (χ4v) is 2.96. The highest BCUT2D eigenvalue weighted by molar-refractivity contribution is 5.82. The van der Waals surface area contributed by atoms with Gasteiger partial charge in [-0.15, -0.1) is 0 Å². The van der Waals surface area contributed by atoms with Gasteiger partial charge in [0.05, 0.1) is 0 Å². The lowest BCUT2D eigenvalue weighted by atomic mass is 10.0. The molecule has 0 unspecified atom stereocenters. The number of nitrogens with one attached hydrogen (secondary N) is 1. The lowest BCUT2D eigenvalue weighted by Gasteiger charge is -2.18. The van der Waals surface area contributed by atoms with Crippen molar-refractivity contribution in [2.45, 2.75) is 32.6 Å². The Hall–Kier alpha value is -1.48. The number of rotatable bonds is 5. The number of ether oxygens (including phenoxy) is 1. The van der Waals surface area contributed by atoms with Gasteiger partial charge in [-0.3, -0.25) is 4.90 Å². The third-order valence-electron chi connectivity index (χ3n) is 4.17. The molecule has 1 aromatic carbocycles. The molecular weight excluding hydrogens is 248 g/mol. The number of fused-ring (bicyclic) bond motifs is 1. The van der Waals surface area contributed by atoms with E-state index >= 15 is 0 Å². The third-order valence-corrected chi connectivity index (χ3v) is 4.17. The van der Waals surface area contributed by atoms with Crippen molar-refractivity contribution < 1.29 is 4.74 Å². The minimum Gasteiger partial charge on any atom is -0.492 e. The highest BCUT2D eigenvalue weighted by Crippen LogP contribution is 2.31. The zero-order valence-corrected chi connectivity index (χ0v) is 12.5. The van der Waals surface area contributed by atoms with E-state index in [1.165, 1.54) is 42.4 Å². The fraction of sp³-hybridized carbons (Fsp3) is 0.529. The van der Waals surface area contributed by atoms with Crippen molar-refractivity contribution in [1.29, 1.82) is 0 Å². The smallest absolute Gasteiger partial charge is 0.123 e. The fourth-order valence-electron chi connectivity index (χ4n) is 2.96. The van der Waals surface area contributed by atoms with Crippen LogP contribution < -0.4 is 4.74 Å². The van der Waals surface area contributed by atoms with E-state index < -0.39 is 0 Å². The van der Waals surface area contributed by atoms with E-state index in [1.807, 2.05) is 6.20 Å². The van der Waals surface area contributed by atoms with Gasteiger partial charge in [0.25, 0.3) is 0 Å². The molecule has 0 radical (unpaired) electrons. The van der Waals surface area contributed by atoms with Crippen molar-refractivity contribution in [3.63, 3.8) is 0 Å². The second-order valence-electron chi connectivity index (χ2n) is 6.01. The minimum absolute atomic E-state index is 0.476. The van der Waals surface area contributed by atoms with Crippen molar-refractivity contribution in [3.05, 3.63) is 30.0 Å². The first-order valence-corrected chi connectivity index (χ1v) is 7.70. The first-order chi connectivity index (χ1) is 9.74. The zero-order valence-electron chi connectivity index (χ0n) is 12.5. The van der Waals surface area contributed by atoms with Crippen LogP contribution >= 0.6 is 0 Å². The maximum atomic E-state index is 6.08. The average Bonchev–Trinajstić information content (AvgIpc) is 3.07. The number of H-pyrrole nitrogens is 1. The quantitative estimate of drug-likeness (QED) is 0.897. The Morgan fingerprint density at radius 2 is 2.05 bits per heavy atom. The summed E-state index contributed by atoms with van der Waals surface area (Å²) in [4.78, 5) is 5.77. The summed E-state index contributed by atoms with van der Waals surface area (Å²) >= 11 is 0. The largest absolute Gasteiger partial charge is 0.492 e. The normalized spacial score (nSPS) is 16.4. The molecule has 0 spiro atoms. The summed E-state index contributed by atoms with van der Waals surface area (Å²) in [6.45, 7) is 8.74. The molecule has 2 heterocycles. The highest BCUT2D eigenvalue weighted by atomic mass is 16.5. The molecule has 1 saturated heterocycles. The van der Waals surface area contributed by atoms with E-state index in [4.69, 9.17) is 4.74 Å². The predicted molar refractivity (Wildman–Crippen MR) is 83.6 cm³/mol. The Bertz CT molecular complexity index is 567. The van der Waals surface area contributed by atoms with Crippen molar-refractivity contribution in [2.24, 2.45) is 0 Å². The molecule has 1 aromatic heterocycles. The highest BCUT2D eigenvalue weighted by Gasteiger charge is 2.13. The lowest BCUT2D eigenvalue weighted by Crippen LogP contribution is -2.25. The van der Waals surface area contributed by atoms with Crippen LogP contribution in [0.1, 0.15) is 38.2 Å². The zero-order chi connectivity index (χ0) is 13.9. The molecule has 3 rings (SSSR count). The van der Waals surface area contributed by atoms with Crippen LogP contribution in [0.3, 0.4) is 0 Å². The molecule has 108 valence electrons. The Balaban J connectivity index is 1.72. The van der Waals surface area contributed by atoms with Crippen LogP contribution in [0.4, 0.5) is 0 Å². The first kappa shape index (κ1) is 13.5. The molecule has 1 aliphatic rings. The van der Waals surface area contributed by atoms with Crippen LogP contribution in [0.2, 0.25) is 0 Å². The monoisotopic (exact) mass is 272 g/mol. The summed E-state index contributed by atoms with van der Waals surface area (Å²) < 4.78 is 6.08. The summed E-state index contributed by atoms with van der Waals surface area (Å²) in [7, 11) is 0. The van der Waals surface area contributed by atoms with Gasteiger partial charge in [-0.05, 0) is 55.6 Å². The summed E-state index contributed by atoms with van der Waals surface area (Å²) in [5, 5.41) is 1.23. The summed E-state index contributed by atoms with van der Waals surface area (Å²) in [5.74, 6) is 1.52. The number of aromatic nitrogens is 1. The van der Waals surface area contributed by atoms with Gasteiger partial charge < -0.3 is 9.72 Å². The Morgan fingerprint density at radius 3 is 2.80 bits per heavy atom. The summed E-state index contributed by atoms with van der Waals surface area (Å²) in [6.07, 6.45) is 4.67. The van der Waals surface area contributed by atoms with E-state index in [0.717, 1.165) is 18.9 Å². The molecule has 3 heteroatoms. The molecule has 3 nitrogen and oxygen atoms in total. The number of likely N-dealkylation sites (tertiary alicyclic amines) is 1. The molecule has 0 aliphatic carbocycles. The SMILES string of the molecule is CC(C)c1cc2[nH]ccc2cc1OCCN1CCCC1. The molecule has 2 aromatic rings. The van der Waals surface area contributed by atoms with Crippen molar-refractivity contribution in [3.8, 4) is 5.75 Å². The Labute approximate surface area is 120 Å². The van der Waals surface area contributed by atoms with E-state index in [2.05, 4.69) is 41.9 Å². The first-order valence-electron chi connectivity index (χ1n) is 7.70. The molecule has 1 N–H and O–H groups in total. The van der Waals surface area contributed by atoms with Crippen molar-refractivity contribution in [2.75, 3.05) is 26.2 Å². The van der Waals surface area contributed by atoms with Crippen LogP contribution in [0.15, 0.2) is 24.4 Å². The van der Waals surface area contributed by atoms with E-state index in [1.54, 1.807) is 0 Å².